The highest BCUT2D eigenvalue weighted by Crippen LogP contribution is 2.20. The third kappa shape index (κ3) is 2.86. The largest absolute Gasteiger partial charge is 0.298 e. The van der Waals surface area contributed by atoms with Crippen LogP contribution in [0.2, 0.25) is 0 Å². The summed E-state index contributed by atoms with van der Waals surface area (Å²) in [6.45, 7) is 5.55. The van der Waals surface area contributed by atoms with Crippen LogP contribution in [0.15, 0.2) is 6.07 Å². The Labute approximate surface area is 106 Å². The molecule has 0 unspecified atom stereocenters. The molecule has 0 atom stereocenters. The Morgan fingerprint density at radius 2 is 2.12 bits per heavy atom. The van der Waals surface area contributed by atoms with Gasteiger partial charge in [0.2, 0.25) is 0 Å². The van der Waals surface area contributed by atoms with Gasteiger partial charge < -0.3 is 0 Å². The molecule has 1 fully saturated rings. The second-order valence-corrected chi connectivity index (χ2v) is 5.42. The third-order valence-corrected chi connectivity index (χ3v) is 4.33. The lowest BCUT2D eigenvalue weighted by molar-refractivity contribution is 0.183. The van der Waals surface area contributed by atoms with Crippen LogP contribution in [0.25, 0.3) is 0 Å². The van der Waals surface area contributed by atoms with Gasteiger partial charge in [-0.05, 0) is 44.8 Å². The number of rotatable bonds is 3. The van der Waals surface area contributed by atoms with E-state index in [9.17, 15) is 0 Å². The standard InChI is InChI=1S/C12H20BrN3/c1-10-7-12(15(2)14-10)9-16-5-3-11(8-13)4-6-16/h7,11H,3-6,8-9H2,1-2H3. The summed E-state index contributed by atoms with van der Waals surface area (Å²) in [5, 5.41) is 5.55. The SMILES string of the molecule is Cc1cc(CN2CCC(CBr)CC2)n(C)n1. The highest BCUT2D eigenvalue weighted by atomic mass is 79.9. The smallest absolute Gasteiger partial charge is 0.0597 e. The van der Waals surface area contributed by atoms with E-state index in [1.54, 1.807) is 0 Å². The predicted octanol–water partition coefficient (Wildman–Crippen LogP) is 2.34. The number of aromatic nitrogens is 2. The molecule has 0 saturated carbocycles. The van der Waals surface area contributed by atoms with E-state index in [-0.39, 0.29) is 0 Å². The lowest BCUT2D eigenvalue weighted by atomic mass is 9.99. The van der Waals surface area contributed by atoms with Crippen molar-refractivity contribution in [2.45, 2.75) is 26.3 Å². The van der Waals surface area contributed by atoms with Gasteiger partial charge in [-0.2, -0.15) is 5.10 Å². The van der Waals surface area contributed by atoms with Gasteiger partial charge in [0.05, 0.1) is 11.4 Å². The van der Waals surface area contributed by atoms with Gasteiger partial charge in [0.15, 0.2) is 0 Å². The Kier molecular flexibility index (Phi) is 4.03. The maximum Gasteiger partial charge on any atom is 0.0597 e. The quantitative estimate of drug-likeness (QED) is 0.795. The van der Waals surface area contributed by atoms with Crippen LogP contribution in [0.5, 0.6) is 0 Å². The van der Waals surface area contributed by atoms with Crippen molar-refractivity contribution >= 4 is 15.9 Å². The number of nitrogens with zero attached hydrogens (tertiary/aromatic N) is 3. The first-order valence-electron chi connectivity index (χ1n) is 5.97. The first kappa shape index (κ1) is 12.1. The molecule has 90 valence electrons. The average Bonchev–Trinajstić information content (AvgIpc) is 2.59. The summed E-state index contributed by atoms with van der Waals surface area (Å²) in [6, 6.07) is 2.19. The molecular weight excluding hydrogens is 266 g/mol. The molecule has 1 aromatic rings. The van der Waals surface area contributed by atoms with E-state index in [0.717, 1.165) is 23.5 Å². The number of hydrogen-bond acceptors (Lipinski definition) is 2. The van der Waals surface area contributed by atoms with Crippen molar-refractivity contribution in [3.63, 3.8) is 0 Å². The Morgan fingerprint density at radius 3 is 2.62 bits per heavy atom. The molecule has 0 aliphatic carbocycles. The van der Waals surface area contributed by atoms with E-state index >= 15 is 0 Å². The molecule has 1 saturated heterocycles. The van der Waals surface area contributed by atoms with Gasteiger partial charge in [0, 0.05) is 18.9 Å². The van der Waals surface area contributed by atoms with Crippen LogP contribution in [0.3, 0.4) is 0 Å². The van der Waals surface area contributed by atoms with Crippen LogP contribution in [-0.2, 0) is 13.6 Å². The van der Waals surface area contributed by atoms with Crippen LogP contribution >= 0.6 is 15.9 Å². The number of aryl methyl sites for hydroxylation is 2. The van der Waals surface area contributed by atoms with E-state index in [1.165, 1.54) is 31.6 Å². The minimum Gasteiger partial charge on any atom is -0.298 e. The van der Waals surface area contributed by atoms with Crippen molar-refractivity contribution in [3.05, 3.63) is 17.5 Å². The zero-order valence-corrected chi connectivity index (χ0v) is 11.7. The maximum atomic E-state index is 4.39. The van der Waals surface area contributed by atoms with Crippen LogP contribution < -0.4 is 0 Å². The molecule has 0 aromatic carbocycles. The molecule has 1 aliphatic rings. The van der Waals surface area contributed by atoms with Gasteiger partial charge in [-0.3, -0.25) is 9.58 Å². The summed E-state index contributed by atoms with van der Waals surface area (Å²) in [7, 11) is 2.04. The molecule has 0 amide bonds. The number of alkyl halides is 1. The topological polar surface area (TPSA) is 21.1 Å². The molecule has 3 nitrogen and oxygen atoms in total. The van der Waals surface area contributed by atoms with E-state index in [0.29, 0.717) is 0 Å². The van der Waals surface area contributed by atoms with Gasteiger partial charge in [0.1, 0.15) is 0 Å². The van der Waals surface area contributed by atoms with E-state index < -0.39 is 0 Å². The zero-order valence-electron chi connectivity index (χ0n) is 10.1. The Morgan fingerprint density at radius 1 is 1.44 bits per heavy atom. The van der Waals surface area contributed by atoms with Gasteiger partial charge >= 0.3 is 0 Å². The normalized spacial score (nSPS) is 19.2. The fourth-order valence-corrected chi connectivity index (χ4v) is 2.99. The number of likely N-dealkylation sites (tertiary alicyclic amines) is 1. The Hall–Kier alpha value is -0.350. The Bertz CT molecular complexity index is 340. The maximum absolute atomic E-state index is 4.39. The van der Waals surface area contributed by atoms with Crippen molar-refractivity contribution in [2.24, 2.45) is 13.0 Å². The van der Waals surface area contributed by atoms with Crippen LogP contribution in [0.1, 0.15) is 24.2 Å². The number of piperidine rings is 1. The molecule has 16 heavy (non-hydrogen) atoms. The second-order valence-electron chi connectivity index (χ2n) is 4.77. The molecule has 4 heteroatoms. The van der Waals surface area contributed by atoms with E-state index in [2.05, 4.69) is 38.9 Å². The molecule has 1 aromatic heterocycles. The van der Waals surface area contributed by atoms with Crippen LogP contribution in [0.4, 0.5) is 0 Å². The molecule has 0 N–H and O–H groups in total. The van der Waals surface area contributed by atoms with E-state index in [4.69, 9.17) is 0 Å². The summed E-state index contributed by atoms with van der Waals surface area (Å²) in [5.41, 5.74) is 2.45. The van der Waals surface area contributed by atoms with Gasteiger partial charge in [0.25, 0.3) is 0 Å². The summed E-state index contributed by atoms with van der Waals surface area (Å²) in [6.07, 6.45) is 2.64. The summed E-state index contributed by atoms with van der Waals surface area (Å²) in [5.74, 6) is 0.879. The third-order valence-electron chi connectivity index (χ3n) is 3.41. The Balaban J connectivity index is 1.89. The molecular formula is C12H20BrN3. The fraction of sp³-hybridized carbons (Fsp3) is 0.750. The summed E-state index contributed by atoms with van der Waals surface area (Å²) in [4.78, 5) is 2.54. The minimum absolute atomic E-state index is 0.879. The molecule has 2 rings (SSSR count). The lowest BCUT2D eigenvalue weighted by Gasteiger charge is -2.30. The molecule has 0 spiro atoms. The second kappa shape index (κ2) is 5.32. The highest BCUT2D eigenvalue weighted by molar-refractivity contribution is 9.09. The first-order valence-corrected chi connectivity index (χ1v) is 7.09. The number of halogens is 1. The number of hydrogen-bond donors (Lipinski definition) is 0. The predicted molar refractivity (Wildman–Crippen MR) is 69.7 cm³/mol. The van der Waals surface area contributed by atoms with Crippen LogP contribution in [-0.4, -0.2) is 33.1 Å². The lowest BCUT2D eigenvalue weighted by Crippen LogP contribution is -2.34. The zero-order chi connectivity index (χ0) is 11.5. The van der Waals surface area contributed by atoms with Crippen molar-refractivity contribution < 1.29 is 0 Å². The van der Waals surface area contributed by atoms with Crippen molar-refractivity contribution in [2.75, 3.05) is 18.4 Å². The minimum atomic E-state index is 0.879. The first-order chi connectivity index (χ1) is 7.69. The summed E-state index contributed by atoms with van der Waals surface area (Å²) < 4.78 is 2.01. The summed E-state index contributed by atoms with van der Waals surface area (Å²) >= 11 is 3.58. The fourth-order valence-electron chi connectivity index (χ4n) is 2.34. The van der Waals surface area contributed by atoms with Crippen LogP contribution in [0, 0.1) is 12.8 Å². The van der Waals surface area contributed by atoms with Gasteiger partial charge in [-0.25, -0.2) is 0 Å². The molecule has 1 aliphatic heterocycles. The van der Waals surface area contributed by atoms with Crippen molar-refractivity contribution in [1.82, 2.24) is 14.7 Å². The molecule has 0 radical (unpaired) electrons. The average molecular weight is 286 g/mol. The monoisotopic (exact) mass is 285 g/mol. The molecule has 2 heterocycles. The van der Waals surface area contributed by atoms with Gasteiger partial charge in [-0.1, -0.05) is 15.9 Å². The highest BCUT2D eigenvalue weighted by Gasteiger charge is 2.19. The van der Waals surface area contributed by atoms with Crippen molar-refractivity contribution in [1.29, 1.82) is 0 Å². The van der Waals surface area contributed by atoms with E-state index in [1.807, 2.05) is 11.7 Å². The van der Waals surface area contributed by atoms with Crippen molar-refractivity contribution in [3.8, 4) is 0 Å². The molecule has 0 bridgehead atoms. The van der Waals surface area contributed by atoms with Gasteiger partial charge in [-0.15, -0.1) is 0 Å².